The first-order valence-corrected chi connectivity index (χ1v) is 7.71. The van der Waals surface area contributed by atoms with Gasteiger partial charge >= 0.3 is 5.97 Å². The summed E-state index contributed by atoms with van der Waals surface area (Å²) in [5, 5.41) is 18.9. The van der Waals surface area contributed by atoms with Crippen LogP contribution in [0.25, 0.3) is 0 Å². The lowest BCUT2D eigenvalue weighted by atomic mass is 9.94. The number of carboxylic acid groups (broad SMARTS) is 1. The number of aliphatic hydroxyl groups excluding tert-OH is 1. The SMILES string of the molecule is O=C(O)[C@@H]1C[C@@H](O)CN1C(=O)C1(c2ccc(Br)cc2)CC1. The second-order valence-corrected chi connectivity index (χ2v) is 6.71. The molecule has 1 aliphatic carbocycles. The van der Waals surface area contributed by atoms with E-state index in [0.29, 0.717) is 0 Å². The van der Waals surface area contributed by atoms with Crippen LogP contribution in [0.15, 0.2) is 28.7 Å². The molecule has 0 unspecified atom stereocenters. The number of benzene rings is 1. The largest absolute Gasteiger partial charge is 0.480 e. The molecule has 0 radical (unpaired) electrons. The van der Waals surface area contributed by atoms with Gasteiger partial charge in [-0.05, 0) is 30.5 Å². The first-order chi connectivity index (χ1) is 9.94. The Morgan fingerprint density at radius 1 is 1.24 bits per heavy atom. The maximum Gasteiger partial charge on any atom is 0.326 e. The number of rotatable bonds is 3. The van der Waals surface area contributed by atoms with E-state index in [4.69, 9.17) is 0 Å². The third-order valence-corrected chi connectivity index (χ3v) is 4.91. The van der Waals surface area contributed by atoms with Crippen molar-refractivity contribution in [2.24, 2.45) is 0 Å². The monoisotopic (exact) mass is 353 g/mol. The van der Waals surface area contributed by atoms with E-state index < -0.39 is 23.5 Å². The lowest BCUT2D eigenvalue weighted by molar-refractivity contribution is -0.149. The van der Waals surface area contributed by atoms with Gasteiger partial charge in [-0.2, -0.15) is 0 Å². The molecule has 1 saturated carbocycles. The van der Waals surface area contributed by atoms with Crippen LogP contribution in [-0.4, -0.2) is 45.7 Å². The molecule has 6 heteroatoms. The highest BCUT2D eigenvalue weighted by molar-refractivity contribution is 9.10. The van der Waals surface area contributed by atoms with Gasteiger partial charge in [-0.1, -0.05) is 28.1 Å². The van der Waals surface area contributed by atoms with Gasteiger partial charge in [0.25, 0.3) is 0 Å². The summed E-state index contributed by atoms with van der Waals surface area (Å²) in [5.74, 6) is -1.22. The Hall–Kier alpha value is -1.40. The van der Waals surface area contributed by atoms with Crippen molar-refractivity contribution in [3.8, 4) is 0 Å². The zero-order valence-corrected chi connectivity index (χ0v) is 12.9. The van der Waals surface area contributed by atoms with Gasteiger partial charge in [-0.25, -0.2) is 4.79 Å². The maximum absolute atomic E-state index is 12.8. The van der Waals surface area contributed by atoms with Crippen LogP contribution >= 0.6 is 15.9 Å². The number of halogens is 1. The fourth-order valence-corrected chi connectivity index (χ4v) is 3.33. The van der Waals surface area contributed by atoms with Gasteiger partial charge in [0, 0.05) is 17.4 Å². The van der Waals surface area contributed by atoms with Gasteiger partial charge in [0.05, 0.1) is 11.5 Å². The number of β-amino-alcohol motifs (C(OH)–C–C–N with tert-alkyl or cyclic N) is 1. The molecule has 3 rings (SSSR count). The summed E-state index contributed by atoms with van der Waals surface area (Å²) < 4.78 is 0.939. The van der Waals surface area contributed by atoms with Crippen molar-refractivity contribution in [3.05, 3.63) is 34.3 Å². The lowest BCUT2D eigenvalue weighted by Crippen LogP contribution is -2.45. The molecule has 112 valence electrons. The molecule has 2 fully saturated rings. The van der Waals surface area contributed by atoms with E-state index in [1.807, 2.05) is 24.3 Å². The summed E-state index contributed by atoms with van der Waals surface area (Å²) in [6, 6.07) is 6.65. The van der Waals surface area contributed by atoms with Crippen molar-refractivity contribution in [2.75, 3.05) is 6.54 Å². The summed E-state index contributed by atoms with van der Waals surface area (Å²) in [6.45, 7) is 0.105. The highest BCUT2D eigenvalue weighted by Gasteiger charge is 2.55. The van der Waals surface area contributed by atoms with Gasteiger partial charge in [0.1, 0.15) is 6.04 Å². The van der Waals surface area contributed by atoms with Crippen molar-refractivity contribution in [2.45, 2.75) is 36.8 Å². The van der Waals surface area contributed by atoms with Crippen molar-refractivity contribution < 1.29 is 19.8 Å². The van der Waals surface area contributed by atoms with Crippen LogP contribution in [0.1, 0.15) is 24.8 Å². The zero-order chi connectivity index (χ0) is 15.2. The Labute approximate surface area is 130 Å². The first kappa shape index (κ1) is 14.5. The highest BCUT2D eigenvalue weighted by Crippen LogP contribution is 2.50. The van der Waals surface area contributed by atoms with Gasteiger partial charge < -0.3 is 15.1 Å². The van der Waals surface area contributed by atoms with Gasteiger partial charge in [-0.15, -0.1) is 0 Å². The zero-order valence-electron chi connectivity index (χ0n) is 11.3. The normalized spacial score (nSPS) is 26.7. The van der Waals surface area contributed by atoms with Crippen molar-refractivity contribution in [3.63, 3.8) is 0 Å². The first-order valence-electron chi connectivity index (χ1n) is 6.92. The van der Waals surface area contributed by atoms with Crippen LogP contribution < -0.4 is 0 Å². The number of carbonyl (C=O) groups excluding carboxylic acids is 1. The Balaban J connectivity index is 1.87. The lowest BCUT2D eigenvalue weighted by Gasteiger charge is -2.26. The Kier molecular flexibility index (Phi) is 3.53. The summed E-state index contributed by atoms with van der Waals surface area (Å²) in [6.07, 6.45) is 0.812. The molecule has 1 saturated heterocycles. The van der Waals surface area contributed by atoms with Crippen LogP contribution in [0, 0.1) is 0 Å². The fourth-order valence-electron chi connectivity index (χ4n) is 3.07. The van der Waals surface area contributed by atoms with E-state index in [1.165, 1.54) is 4.90 Å². The number of carbonyl (C=O) groups is 2. The topological polar surface area (TPSA) is 77.8 Å². The maximum atomic E-state index is 12.8. The van der Waals surface area contributed by atoms with E-state index in [-0.39, 0.29) is 18.9 Å². The van der Waals surface area contributed by atoms with E-state index in [9.17, 15) is 19.8 Å². The molecular formula is C15H16BrNO4. The second-order valence-electron chi connectivity index (χ2n) is 5.79. The molecule has 1 amide bonds. The van der Waals surface area contributed by atoms with E-state index in [0.717, 1.165) is 22.9 Å². The number of hydrogen-bond donors (Lipinski definition) is 2. The smallest absolute Gasteiger partial charge is 0.326 e. The Morgan fingerprint density at radius 2 is 1.86 bits per heavy atom. The van der Waals surface area contributed by atoms with E-state index in [1.54, 1.807) is 0 Å². The predicted octanol–water partition coefficient (Wildman–Crippen LogP) is 1.53. The summed E-state index contributed by atoms with van der Waals surface area (Å²) in [5.41, 5.74) is 0.319. The molecule has 2 aliphatic rings. The van der Waals surface area contributed by atoms with E-state index in [2.05, 4.69) is 15.9 Å². The molecule has 21 heavy (non-hydrogen) atoms. The molecule has 1 aromatic rings. The molecule has 2 atom stereocenters. The standard InChI is InChI=1S/C15H16BrNO4/c16-10-3-1-9(2-4-10)15(5-6-15)14(21)17-8-11(18)7-12(17)13(19)20/h1-4,11-12,18H,5-8H2,(H,19,20)/t11-,12+/m1/s1. The van der Waals surface area contributed by atoms with Gasteiger partial charge in [-0.3, -0.25) is 4.79 Å². The molecule has 5 nitrogen and oxygen atoms in total. The molecule has 1 aromatic carbocycles. The minimum absolute atomic E-state index is 0.105. The van der Waals surface area contributed by atoms with Gasteiger partial charge in [0.15, 0.2) is 0 Å². The third kappa shape index (κ3) is 2.46. The van der Waals surface area contributed by atoms with Crippen molar-refractivity contribution >= 4 is 27.8 Å². The molecule has 0 spiro atoms. The highest BCUT2D eigenvalue weighted by atomic mass is 79.9. The van der Waals surface area contributed by atoms with E-state index >= 15 is 0 Å². The summed E-state index contributed by atoms with van der Waals surface area (Å²) in [7, 11) is 0. The average Bonchev–Trinajstić information content (AvgIpc) is 3.15. The molecule has 1 aliphatic heterocycles. The van der Waals surface area contributed by atoms with Gasteiger partial charge in [0.2, 0.25) is 5.91 Å². The molecule has 0 aromatic heterocycles. The number of amides is 1. The predicted molar refractivity (Wildman–Crippen MR) is 78.8 cm³/mol. The number of hydrogen-bond acceptors (Lipinski definition) is 3. The number of likely N-dealkylation sites (tertiary alicyclic amines) is 1. The quantitative estimate of drug-likeness (QED) is 0.863. The number of aliphatic carboxylic acids is 1. The van der Waals surface area contributed by atoms with Crippen molar-refractivity contribution in [1.29, 1.82) is 0 Å². The van der Waals surface area contributed by atoms with Crippen LogP contribution in [0.2, 0.25) is 0 Å². The Bertz CT molecular complexity index is 582. The van der Waals surface area contributed by atoms with Crippen LogP contribution in [0.5, 0.6) is 0 Å². The minimum atomic E-state index is -1.05. The third-order valence-electron chi connectivity index (χ3n) is 4.38. The number of carboxylic acids is 1. The fraction of sp³-hybridized carbons (Fsp3) is 0.467. The molecule has 2 N–H and O–H groups in total. The molecule has 1 heterocycles. The summed E-state index contributed by atoms with van der Waals surface area (Å²) in [4.78, 5) is 25.4. The van der Waals surface area contributed by atoms with Crippen LogP contribution in [-0.2, 0) is 15.0 Å². The second kappa shape index (κ2) is 5.10. The molecular weight excluding hydrogens is 338 g/mol. The minimum Gasteiger partial charge on any atom is -0.480 e. The summed E-state index contributed by atoms with van der Waals surface area (Å²) >= 11 is 3.37. The molecule has 0 bridgehead atoms. The van der Waals surface area contributed by atoms with Crippen molar-refractivity contribution in [1.82, 2.24) is 4.90 Å². The average molecular weight is 354 g/mol. The van der Waals surface area contributed by atoms with Crippen LogP contribution in [0.4, 0.5) is 0 Å². The van der Waals surface area contributed by atoms with Crippen LogP contribution in [0.3, 0.4) is 0 Å². The number of nitrogens with zero attached hydrogens (tertiary/aromatic N) is 1. The number of aliphatic hydroxyl groups is 1. The Morgan fingerprint density at radius 3 is 2.38 bits per heavy atom.